The van der Waals surface area contributed by atoms with Crippen LogP contribution in [0.2, 0.25) is 5.02 Å². The van der Waals surface area contributed by atoms with E-state index in [0.29, 0.717) is 10.6 Å². The van der Waals surface area contributed by atoms with Crippen molar-refractivity contribution in [1.29, 1.82) is 0 Å². The first kappa shape index (κ1) is 19.8. The van der Waals surface area contributed by atoms with Crippen LogP contribution in [0.1, 0.15) is 42.7 Å². The first-order chi connectivity index (χ1) is 12.4. The van der Waals surface area contributed by atoms with Gasteiger partial charge in [0.15, 0.2) is 0 Å². The van der Waals surface area contributed by atoms with E-state index >= 15 is 0 Å². The zero-order valence-corrected chi connectivity index (χ0v) is 15.8. The molecule has 0 spiro atoms. The molecule has 2 N–H and O–H groups in total. The number of nitrogens with one attached hydrogen (secondary N) is 2. The zero-order valence-electron chi connectivity index (χ0n) is 15.1. The molecular weight excluding hydrogens is 352 g/mol. The average molecular weight is 375 g/mol. The summed E-state index contributed by atoms with van der Waals surface area (Å²) in [5, 5.41) is 5.77. The second-order valence-electron chi connectivity index (χ2n) is 6.19. The lowest BCUT2D eigenvalue weighted by molar-refractivity contribution is -0.120. The first-order valence-electron chi connectivity index (χ1n) is 8.45. The Morgan fingerprint density at radius 3 is 2.31 bits per heavy atom. The maximum atomic E-state index is 12.1. The Kier molecular flexibility index (Phi) is 7.04. The molecule has 0 heterocycles. The molecule has 0 fully saturated rings. The normalized spacial score (nSPS) is 11.7. The number of rotatable bonds is 7. The van der Waals surface area contributed by atoms with Crippen LogP contribution in [-0.4, -0.2) is 24.5 Å². The highest BCUT2D eigenvalue weighted by Gasteiger charge is 2.13. The van der Waals surface area contributed by atoms with Crippen LogP contribution in [0.3, 0.4) is 0 Å². The SMILES string of the molecule is CC(C)Oc1ccc(C(C)NC(=O)CNC(=O)c2ccccc2Cl)cc1. The fourth-order valence-corrected chi connectivity index (χ4v) is 2.61. The summed E-state index contributed by atoms with van der Waals surface area (Å²) < 4.78 is 5.60. The van der Waals surface area contributed by atoms with E-state index in [1.165, 1.54) is 0 Å². The summed E-state index contributed by atoms with van der Waals surface area (Å²) >= 11 is 5.97. The summed E-state index contributed by atoms with van der Waals surface area (Å²) in [4.78, 5) is 24.1. The number of hydrogen-bond donors (Lipinski definition) is 2. The highest BCUT2D eigenvalue weighted by atomic mass is 35.5. The second-order valence-corrected chi connectivity index (χ2v) is 6.59. The molecular formula is C20H23ClN2O3. The van der Waals surface area contributed by atoms with Crippen LogP contribution >= 0.6 is 11.6 Å². The van der Waals surface area contributed by atoms with Crippen molar-refractivity contribution in [3.63, 3.8) is 0 Å². The quantitative estimate of drug-likeness (QED) is 0.775. The smallest absolute Gasteiger partial charge is 0.253 e. The van der Waals surface area contributed by atoms with Crippen molar-refractivity contribution in [3.05, 3.63) is 64.7 Å². The van der Waals surface area contributed by atoms with E-state index < -0.39 is 0 Å². The van der Waals surface area contributed by atoms with E-state index in [1.807, 2.05) is 45.0 Å². The molecule has 0 aliphatic rings. The summed E-state index contributed by atoms with van der Waals surface area (Å²) in [7, 11) is 0. The highest BCUT2D eigenvalue weighted by molar-refractivity contribution is 6.33. The topological polar surface area (TPSA) is 67.4 Å². The number of carbonyl (C=O) groups excluding carboxylic acids is 2. The molecule has 2 aromatic rings. The van der Waals surface area contributed by atoms with Crippen LogP contribution in [0.25, 0.3) is 0 Å². The number of benzene rings is 2. The van der Waals surface area contributed by atoms with E-state index in [0.717, 1.165) is 11.3 Å². The Balaban J connectivity index is 1.85. The lowest BCUT2D eigenvalue weighted by atomic mass is 10.1. The molecule has 0 bridgehead atoms. The van der Waals surface area contributed by atoms with Crippen LogP contribution in [0.5, 0.6) is 5.75 Å². The standard InChI is InChI=1S/C20H23ClN2O3/c1-13(2)26-16-10-8-15(9-11-16)14(3)23-19(24)12-22-20(25)17-6-4-5-7-18(17)21/h4-11,13-14H,12H2,1-3H3,(H,22,25)(H,23,24). The molecule has 26 heavy (non-hydrogen) atoms. The molecule has 0 saturated heterocycles. The van der Waals surface area contributed by atoms with Crippen LogP contribution in [0.15, 0.2) is 48.5 Å². The van der Waals surface area contributed by atoms with Gasteiger partial charge in [0.1, 0.15) is 5.75 Å². The molecule has 2 aromatic carbocycles. The van der Waals surface area contributed by atoms with Gasteiger partial charge in [0.05, 0.1) is 29.3 Å². The number of hydrogen-bond acceptors (Lipinski definition) is 3. The maximum absolute atomic E-state index is 12.1. The van der Waals surface area contributed by atoms with Gasteiger partial charge >= 0.3 is 0 Å². The minimum Gasteiger partial charge on any atom is -0.491 e. The van der Waals surface area contributed by atoms with Crippen molar-refractivity contribution in [3.8, 4) is 5.75 Å². The lowest BCUT2D eigenvalue weighted by Crippen LogP contribution is -2.38. The Hall–Kier alpha value is -2.53. The summed E-state index contributed by atoms with van der Waals surface area (Å²) in [6.07, 6.45) is 0.111. The van der Waals surface area contributed by atoms with Crippen LogP contribution in [0.4, 0.5) is 0 Å². The van der Waals surface area contributed by atoms with E-state index in [1.54, 1.807) is 24.3 Å². The van der Waals surface area contributed by atoms with Crippen molar-refractivity contribution in [2.45, 2.75) is 32.9 Å². The summed E-state index contributed by atoms with van der Waals surface area (Å²) in [6.45, 7) is 5.69. The van der Waals surface area contributed by atoms with Crippen molar-refractivity contribution < 1.29 is 14.3 Å². The van der Waals surface area contributed by atoms with Crippen LogP contribution in [0, 0.1) is 0 Å². The predicted molar refractivity (Wildman–Crippen MR) is 103 cm³/mol. The van der Waals surface area contributed by atoms with Gasteiger partial charge in [-0.05, 0) is 50.6 Å². The molecule has 5 nitrogen and oxygen atoms in total. The van der Waals surface area contributed by atoms with Gasteiger partial charge in [-0.3, -0.25) is 9.59 Å². The molecule has 1 unspecified atom stereocenters. The molecule has 6 heteroatoms. The van der Waals surface area contributed by atoms with Gasteiger partial charge in [-0.1, -0.05) is 35.9 Å². The summed E-state index contributed by atoms with van der Waals surface area (Å²) in [5.74, 6) is 0.128. The van der Waals surface area contributed by atoms with Gasteiger partial charge in [0.25, 0.3) is 5.91 Å². The Morgan fingerprint density at radius 2 is 1.69 bits per heavy atom. The van der Waals surface area contributed by atoms with Crippen LogP contribution < -0.4 is 15.4 Å². The van der Waals surface area contributed by atoms with Crippen molar-refractivity contribution in [2.24, 2.45) is 0 Å². The third-order valence-electron chi connectivity index (χ3n) is 3.66. The molecule has 1 atom stereocenters. The molecule has 0 aromatic heterocycles. The molecule has 138 valence electrons. The van der Waals surface area contributed by atoms with Crippen LogP contribution in [-0.2, 0) is 4.79 Å². The fraction of sp³-hybridized carbons (Fsp3) is 0.300. The summed E-state index contributed by atoms with van der Waals surface area (Å²) in [6, 6.07) is 14.1. The van der Waals surface area contributed by atoms with Gasteiger partial charge < -0.3 is 15.4 Å². The number of carbonyl (C=O) groups is 2. The largest absolute Gasteiger partial charge is 0.491 e. The molecule has 2 amide bonds. The van der Waals surface area contributed by atoms with Crippen molar-refractivity contribution >= 4 is 23.4 Å². The van der Waals surface area contributed by atoms with E-state index in [4.69, 9.17) is 16.3 Å². The third-order valence-corrected chi connectivity index (χ3v) is 3.99. The number of halogens is 1. The number of ether oxygens (including phenoxy) is 1. The Bertz CT molecular complexity index is 760. The fourth-order valence-electron chi connectivity index (χ4n) is 2.38. The molecule has 0 radical (unpaired) electrons. The van der Waals surface area contributed by atoms with Gasteiger partial charge in [-0.25, -0.2) is 0 Å². The van der Waals surface area contributed by atoms with Gasteiger partial charge in [0.2, 0.25) is 5.91 Å². The van der Waals surface area contributed by atoms with Crippen molar-refractivity contribution in [1.82, 2.24) is 10.6 Å². The minimum absolute atomic E-state index is 0.111. The highest BCUT2D eigenvalue weighted by Crippen LogP contribution is 2.18. The average Bonchev–Trinajstić information content (AvgIpc) is 2.60. The zero-order chi connectivity index (χ0) is 19.1. The van der Waals surface area contributed by atoms with Gasteiger partial charge in [-0.15, -0.1) is 0 Å². The van der Waals surface area contributed by atoms with E-state index in [2.05, 4.69) is 10.6 Å². The van der Waals surface area contributed by atoms with E-state index in [-0.39, 0.29) is 30.5 Å². The first-order valence-corrected chi connectivity index (χ1v) is 8.83. The minimum atomic E-state index is -0.381. The molecule has 0 aliphatic heterocycles. The summed E-state index contributed by atoms with van der Waals surface area (Å²) in [5.41, 5.74) is 1.29. The van der Waals surface area contributed by atoms with Gasteiger partial charge in [-0.2, -0.15) is 0 Å². The monoisotopic (exact) mass is 374 g/mol. The van der Waals surface area contributed by atoms with Gasteiger partial charge in [0, 0.05) is 0 Å². The lowest BCUT2D eigenvalue weighted by Gasteiger charge is -2.16. The Morgan fingerprint density at radius 1 is 1.04 bits per heavy atom. The Labute approximate surface area is 158 Å². The van der Waals surface area contributed by atoms with Crippen molar-refractivity contribution in [2.75, 3.05) is 6.54 Å². The predicted octanol–water partition coefficient (Wildman–Crippen LogP) is 3.73. The second kappa shape index (κ2) is 9.25. The molecule has 2 rings (SSSR count). The molecule has 0 saturated carbocycles. The molecule has 0 aliphatic carbocycles. The van der Waals surface area contributed by atoms with E-state index in [9.17, 15) is 9.59 Å². The number of amides is 2. The third kappa shape index (κ3) is 5.77. The maximum Gasteiger partial charge on any atom is 0.253 e.